The summed E-state index contributed by atoms with van der Waals surface area (Å²) in [6, 6.07) is 21.0. The second-order valence-corrected chi connectivity index (χ2v) is 7.55. The molecule has 1 heterocycles. The number of halogens is 1. The Labute approximate surface area is 179 Å². The van der Waals surface area contributed by atoms with E-state index in [1.807, 2.05) is 67.6 Å². The lowest BCUT2D eigenvalue weighted by atomic mass is 9.90. The van der Waals surface area contributed by atoms with Gasteiger partial charge in [0, 0.05) is 16.0 Å². The lowest BCUT2D eigenvalue weighted by Gasteiger charge is -2.19. The first-order valence-electron chi connectivity index (χ1n) is 9.52. The van der Waals surface area contributed by atoms with Crippen LogP contribution >= 0.6 is 11.6 Å². The van der Waals surface area contributed by atoms with Gasteiger partial charge in [-0.15, -0.1) is 0 Å². The molecule has 4 aromatic rings. The summed E-state index contributed by atoms with van der Waals surface area (Å²) in [6.45, 7) is 1.98. The molecule has 3 aromatic carbocycles. The van der Waals surface area contributed by atoms with Crippen molar-refractivity contribution in [2.24, 2.45) is 0 Å². The maximum absolute atomic E-state index is 11.9. The van der Waals surface area contributed by atoms with Crippen LogP contribution in [0.4, 0.5) is 0 Å². The molecule has 0 fully saturated rings. The molecule has 0 atom stereocenters. The molecule has 0 spiro atoms. The van der Waals surface area contributed by atoms with E-state index in [-0.39, 0.29) is 6.42 Å². The molecule has 1 N–H and O–H groups in total. The zero-order chi connectivity index (χ0) is 21.3. The van der Waals surface area contributed by atoms with Gasteiger partial charge in [0.1, 0.15) is 5.75 Å². The van der Waals surface area contributed by atoms with Crippen molar-refractivity contribution < 1.29 is 14.6 Å². The van der Waals surface area contributed by atoms with E-state index in [4.69, 9.17) is 21.3 Å². The molecule has 4 rings (SSSR count). The number of methoxy groups -OCH3 is 1. The highest BCUT2D eigenvalue weighted by atomic mass is 35.5. The third-order valence-electron chi connectivity index (χ3n) is 5.05. The number of carbonyl (C=O) groups is 1. The van der Waals surface area contributed by atoms with Crippen LogP contribution in [0, 0.1) is 6.92 Å². The lowest BCUT2D eigenvalue weighted by molar-refractivity contribution is -0.136. The fraction of sp³-hybridized carbons (Fsp3) is 0.120. The average molecular weight is 418 g/mol. The highest BCUT2D eigenvalue weighted by molar-refractivity contribution is 6.31. The van der Waals surface area contributed by atoms with E-state index in [0.29, 0.717) is 22.0 Å². The van der Waals surface area contributed by atoms with Crippen molar-refractivity contribution in [3.8, 4) is 28.1 Å². The standard InChI is InChI=1S/C25H20ClNO3/c1-15-8-11-22(30-2)19(12-15)25-20(14-23(28)29)24(16-6-4-3-5-7-16)18-13-17(26)9-10-21(18)27-25/h3-13H,14H2,1-2H3,(H,28,29). The van der Waals surface area contributed by atoms with Crippen molar-refractivity contribution in [2.45, 2.75) is 13.3 Å². The van der Waals surface area contributed by atoms with E-state index in [1.165, 1.54) is 0 Å². The first kappa shape index (κ1) is 19.9. The Morgan fingerprint density at radius 2 is 1.83 bits per heavy atom. The van der Waals surface area contributed by atoms with Crippen LogP contribution < -0.4 is 4.74 Å². The molecule has 0 bridgehead atoms. The topological polar surface area (TPSA) is 59.4 Å². The van der Waals surface area contributed by atoms with Crippen LogP contribution in [0.3, 0.4) is 0 Å². The van der Waals surface area contributed by atoms with Crippen LogP contribution in [0.25, 0.3) is 33.3 Å². The van der Waals surface area contributed by atoms with E-state index in [0.717, 1.165) is 33.2 Å². The Kier molecular flexibility index (Phi) is 5.42. The second kappa shape index (κ2) is 8.17. The molecule has 0 unspecified atom stereocenters. The second-order valence-electron chi connectivity index (χ2n) is 7.12. The molecule has 5 heteroatoms. The first-order chi connectivity index (χ1) is 14.5. The van der Waals surface area contributed by atoms with Crippen LogP contribution in [0.1, 0.15) is 11.1 Å². The molecule has 0 amide bonds. The van der Waals surface area contributed by atoms with Crippen molar-refractivity contribution in [1.82, 2.24) is 4.98 Å². The van der Waals surface area contributed by atoms with E-state index in [9.17, 15) is 9.90 Å². The fourth-order valence-electron chi connectivity index (χ4n) is 3.76. The molecule has 0 aliphatic carbocycles. The van der Waals surface area contributed by atoms with Gasteiger partial charge in [-0.1, -0.05) is 53.6 Å². The quantitative estimate of drug-likeness (QED) is 0.422. The monoisotopic (exact) mass is 417 g/mol. The minimum atomic E-state index is -0.928. The first-order valence-corrected chi connectivity index (χ1v) is 9.90. The highest BCUT2D eigenvalue weighted by Crippen LogP contribution is 2.41. The van der Waals surface area contributed by atoms with Crippen LogP contribution in [0.2, 0.25) is 5.02 Å². The lowest BCUT2D eigenvalue weighted by Crippen LogP contribution is -2.07. The summed E-state index contributed by atoms with van der Waals surface area (Å²) >= 11 is 6.30. The molecule has 4 nitrogen and oxygen atoms in total. The number of carboxylic acid groups (broad SMARTS) is 1. The van der Waals surface area contributed by atoms with Gasteiger partial charge in [0.25, 0.3) is 0 Å². The normalized spacial score (nSPS) is 10.9. The van der Waals surface area contributed by atoms with Gasteiger partial charge in [0.05, 0.1) is 24.7 Å². The Morgan fingerprint density at radius 3 is 2.53 bits per heavy atom. The zero-order valence-corrected chi connectivity index (χ0v) is 17.4. The van der Waals surface area contributed by atoms with E-state index in [1.54, 1.807) is 13.2 Å². The van der Waals surface area contributed by atoms with Crippen molar-refractivity contribution in [3.05, 3.63) is 82.9 Å². The maximum Gasteiger partial charge on any atom is 0.307 e. The van der Waals surface area contributed by atoms with Crippen LogP contribution in [0.15, 0.2) is 66.7 Å². The largest absolute Gasteiger partial charge is 0.496 e. The smallest absolute Gasteiger partial charge is 0.307 e. The minimum Gasteiger partial charge on any atom is -0.496 e. The van der Waals surface area contributed by atoms with Crippen molar-refractivity contribution in [3.63, 3.8) is 0 Å². The molecule has 0 aliphatic rings. The van der Waals surface area contributed by atoms with Crippen molar-refractivity contribution in [1.29, 1.82) is 0 Å². The third kappa shape index (κ3) is 3.74. The number of hydrogen-bond donors (Lipinski definition) is 1. The maximum atomic E-state index is 11.9. The molecular weight excluding hydrogens is 398 g/mol. The van der Waals surface area contributed by atoms with Gasteiger partial charge in [-0.05, 0) is 53.9 Å². The molecular formula is C25H20ClNO3. The number of pyridine rings is 1. The molecule has 0 aliphatic heterocycles. The molecule has 1 aromatic heterocycles. The number of benzene rings is 3. The number of aryl methyl sites for hydroxylation is 1. The van der Waals surface area contributed by atoms with Gasteiger partial charge in [0.15, 0.2) is 0 Å². The summed E-state index contributed by atoms with van der Waals surface area (Å²) in [5.41, 5.74) is 5.51. The highest BCUT2D eigenvalue weighted by Gasteiger charge is 2.22. The summed E-state index contributed by atoms with van der Waals surface area (Å²) in [7, 11) is 1.60. The molecule has 0 saturated carbocycles. The molecule has 0 saturated heterocycles. The number of aromatic nitrogens is 1. The summed E-state index contributed by atoms with van der Waals surface area (Å²) in [5, 5.41) is 11.1. The van der Waals surface area contributed by atoms with E-state index >= 15 is 0 Å². The Balaban J connectivity index is 2.18. The predicted octanol–water partition coefficient (Wildman–Crippen LogP) is 6.17. The number of fused-ring (bicyclic) bond motifs is 1. The molecule has 30 heavy (non-hydrogen) atoms. The number of aliphatic carboxylic acids is 1. The van der Waals surface area contributed by atoms with Gasteiger partial charge in [-0.3, -0.25) is 4.79 Å². The van der Waals surface area contributed by atoms with Gasteiger partial charge >= 0.3 is 5.97 Å². The number of ether oxygens (including phenoxy) is 1. The summed E-state index contributed by atoms with van der Waals surface area (Å²) in [4.78, 5) is 16.7. The van der Waals surface area contributed by atoms with Gasteiger partial charge in [-0.2, -0.15) is 0 Å². The SMILES string of the molecule is COc1ccc(C)cc1-c1nc2ccc(Cl)cc2c(-c2ccccc2)c1CC(=O)O. The summed E-state index contributed by atoms with van der Waals surface area (Å²) < 4.78 is 5.58. The minimum absolute atomic E-state index is 0.174. The number of rotatable bonds is 5. The molecule has 0 radical (unpaired) electrons. The summed E-state index contributed by atoms with van der Waals surface area (Å²) in [6.07, 6.45) is -0.174. The third-order valence-corrected chi connectivity index (χ3v) is 5.28. The van der Waals surface area contributed by atoms with Crippen molar-refractivity contribution in [2.75, 3.05) is 7.11 Å². The average Bonchev–Trinajstić information content (AvgIpc) is 2.73. The van der Waals surface area contributed by atoms with E-state index < -0.39 is 5.97 Å². The Morgan fingerprint density at radius 1 is 1.07 bits per heavy atom. The summed E-state index contributed by atoms with van der Waals surface area (Å²) in [5.74, 6) is -0.282. The van der Waals surface area contributed by atoms with E-state index in [2.05, 4.69) is 0 Å². The molecule has 150 valence electrons. The number of carboxylic acids is 1. The number of nitrogens with zero attached hydrogens (tertiary/aromatic N) is 1. The van der Waals surface area contributed by atoms with Crippen LogP contribution in [0.5, 0.6) is 5.75 Å². The van der Waals surface area contributed by atoms with Gasteiger partial charge < -0.3 is 9.84 Å². The fourth-order valence-corrected chi connectivity index (χ4v) is 3.93. The Hall–Kier alpha value is -3.37. The van der Waals surface area contributed by atoms with Crippen molar-refractivity contribution >= 4 is 28.5 Å². The van der Waals surface area contributed by atoms with Gasteiger partial charge in [0.2, 0.25) is 0 Å². The van der Waals surface area contributed by atoms with Crippen LogP contribution in [-0.4, -0.2) is 23.2 Å². The zero-order valence-electron chi connectivity index (χ0n) is 16.6. The Bertz CT molecular complexity index is 1250. The van der Waals surface area contributed by atoms with Gasteiger partial charge in [-0.25, -0.2) is 4.98 Å². The van der Waals surface area contributed by atoms with Crippen LogP contribution in [-0.2, 0) is 11.2 Å². The number of hydrogen-bond acceptors (Lipinski definition) is 3. The predicted molar refractivity (Wildman–Crippen MR) is 120 cm³/mol.